The average molecular weight is 476 g/mol. The molecule has 7 heteroatoms. The van der Waals surface area contributed by atoms with Gasteiger partial charge in [0.1, 0.15) is 11.8 Å². The topological polar surface area (TPSA) is 112 Å². The maximum atomic E-state index is 13.3. The van der Waals surface area contributed by atoms with Gasteiger partial charge in [-0.1, -0.05) is 42.5 Å². The number of phenolic OH excluding ortho intramolecular Hbond substituents is 1. The first-order valence-corrected chi connectivity index (χ1v) is 11.4. The van der Waals surface area contributed by atoms with Crippen LogP contribution in [-0.4, -0.2) is 28.6 Å². The Bertz CT molecular complexity index is 1570. The molecule has 1 aromatic heterocycles. The van der Waals surface area contributed by atoms with Crippen molar-refractivity contribution in [2.24, 2.45) is 0 Å². The molecule has 1 heterocycles. The van der Waals surface area contributed by atoms with Crippen LogP contribution in [0.1, 0.15) is 39.2 Å². The second-order valence-electron chi connectivity index (χ2n) is 8.37. The molecule has 0 aliphatic heterocycles. The van der Waals surface area contributed by atoms with E-state index in [2.05, 4.69) is 5.32 Å². The van der Waals surface area contributed by atoms with E-state index in [1.807, 2.05) is 48.5 Å². The van der Waals surface area contributed by atoms with Crippen molar-refractivity contribution in [1.29, 1.82) is 5.26 Å². The molecular weight excluding hydrogens is 454 g/mol. The van der Waals surface area contributed by atoms with Crippen LogP contribution < -0.4 is 5.32 Å². The Labute approximate surface area is 207 Å². The fourth-order valence-corrected chi connectivity index (χ4v) is 4.36. The molecule has 0 unspecified atom stereocenters. The van der Waals surface area contributed by atoms with E-state index < -0.39 is 18.5 Å². The highest BCUT2D eigenvalue weighted by molar-refractivity contribution is 6.08. The fraction of sp³-hybridized carbons (Fsp3) is 0.103. The molecule has 0 bridgehead atoms. The molecular formula is C29H21N3O4. The molecule has 0 fully saturated rings. The number of benzene rings is 3. The highest BCUT2D eigenvalue weighted by atomic mass is 16.5. The molecule has 1 aliphatic carbocycles. The van der Waals surface area contributed by atoms with Gasteiger partial charge < -0.3 is 15.2 Å². The lowest BCUT2D eigenvalue weighted by molar-refractivity contribution is -0.119. The molecule has 0 saturated heterocycles. The molecule has 0 radical (unpaired) electrons. The monoisotopic (exact) mass is 475 g/mol. The van der Waals surface area contributed by atoms with Crippen LogP contribution >= 0.6 is 0 Å². The largest absolute Gasteiger partial charge is 0.508 e. The summed E-state index contributed by atoms with van der Waals surface area (Å²) in [5.74, 6) is -0.938. The van der Waals surface area contributed by atoms with Gasteiger partial charge in [0.25, 0.3) is 5.91 Å². The summed E-state index contributed by atoms with van der Waals surface area (Å²) in [7, 11) is 0. The number of pyridine rings is 1. The summed E-state index contributed by atoms with van der Waals surface area (Å²) in [4.78, 5) is 30.6. The van der Waals surface area contributed by atoms with Gasteiger partial charge >= 0.3 is 5.97 Å². The number of rotatable bonds is 5. The summed E-state index contributed by atoms with van der Waals surface area (Å²) in [6.07, 6.45) is 3.32. The van der Waals surface area contributed by atoms with E-state index in [1.165, 1.54) is 0 Å². The number of fused-ring (bicyclic) bond motifs is 2. The van der Waals surface area contributed by atoms with Crippen LogP contribution in [0.5, 0.6) is 5.75 Å². The van der Waals surface area contributed by atoms with Crippen molar-refractivity contribution >= 4 is 40.1 Å². The number of nitrogens with zero attached hydrogens (tertiary/aromatic N) is 2. The number of anilines is 1. The number of nitriles is 1. The fourth-order valence-electron chi connectivity index (χ4n) is 4.36. The Morgan fingerprint density at radius 1 is 1.03 bits per heavy atom. The summed E-state index contributed by atoms with van der Waals surface area (Å²) in [6, 6.07) is 22.9. The van der Waals surface area contributed by atoms with Gasteiger partial charge in [0, 0.05) is 5.39 Å². The number of nitrogens with one attached hydrogen (secondary N) is 1. The van der Waals surface area contributed by atoms with Crippen LogP contribution in [0.2, 0.25) is 0 Å². The molecule has 0 atom stereocenters. The average Bonchev–Trinajstić information content (AvgIpc) is 3.29. The minimum absolute atomic E-state index is 0.193. The summed E-state index contributed by atoms with van der Waals surface area (Å²) in [5, 5.41) is 22.1. The summed E-state index contributed by atoms with van der Waals surface area (Å²) < 4.78 is 5.43. The minimum Gasteiger partial charge on any atom is -0.508 e. The highest BCUT2D eigenvalue weighted by Crippen LogP contribution is 2.38. The van der Waals surface area contributed by atoms with E-state index in [4.69, 9.17) is 9.72 Å². The Hall–Kier alpha value is -4.96. The predicted octanol–water partition coefficient (Wildman–Crippen LogP) is 5.09. The number of carbonyl (C=O) groups excluding carboxylic acids is 2. The van der Waals surface area contributed by atoms with Crippen molar-refractivity contribution in [3.05, 3.63) is 101 Å². The van der Waals surface area contributed by atoms with Gasteiger partial charge in [-0.3, -0.25) is 4.79 Å². The van der Waals surface area contributed by atoms with Crippen LogP contribution in [0.25, 0.3) is 22.6 Å². The Kier molecular flexibility index (Phi) is 6.16. The number of hydrogen-bond donors (Lipinski definition) is 2. The Balaban J connectivity index is 1.43. The molecule has 176 valence electrons. The highest BCUT2D eigenvalue weighted by Gasteiger charge is 2.28. The van der Waals surface area contributed by atoms with Gasteiger partial charge in [-0.05, 0) is 65.9 Å². The zero-order chi connectivity index (χ0) is 25.1. The standard InChI is InChI=1S/C29H21N3O4/c30-16-20-5-1-3-7-24(20)31-26(34)17-36-29(35)27-22-6-2-4-8-25(22)32-28-19(11-14-23(27)28)15-18-9-12-21(33)13-10-18/h1-10,12-13,15,33H,11,14,17H2,(H,31,34)/b19-15+. The third kappa shape index (κ3) is 4.52. The van der Waals surface area contributed by atoms with Gasteiger partial charge in [-0.25, -0.2) is 9.78 Å². The van der Waals surface area contributed by atoms with E-state index in [0.717, 1.165) is 22.4 Å². The summed E-state index contributed by atoms with van der Waals surface area (Å²) in [5.41, 5.74) is 5.19. The van der Waals surface area contributed by atoms with E-state index in [9.17, 15) is 20.0 Å². The molecule has 2 N–H and O–H groups in total. The second kappa shape index (κ2) is 9.72. The molecule has 0 spiro atoms. The van der Waals surface area contributed by atoms with E-state index >= 15 is 0 Å². The minimum atomic E-state index is -0.598. The van der Waals surface area contributed by atoms with Crippen LogP contribution in [0.3, 0.4) is 0 Å². The van der Waals surface area contributed by atoms with Gasteiger partial charge in [0.05, 0.1) is 28.0 Å². The van der Waals surface area contributed by atoms with Crippen molar-refractivity contribution in [2.75, 3.05) is 11.9 Å². The first-order valence-electron chi connectivity index (χ1n) is 11.4. The molecule has 4 aromatic rings. The Morgan fingerprint density at radius 2 is 1.78 bits per heavy atom. The number of hydrogen-bond acceptors (Lipinski definition) is 6. The SMILES string of the molecule is N#Cc1ccccc1NC(=O)COC(=O)c1c2c(nc3ccccc13)/C(=C/c1ccc(O)cc1)CC2. The number of carbonyl (C=O) groups is 2. The smallest absolute Gasteiger partial charge is 0.339 e. The van der Waals surface area contributed by atoms with Gasteiger partial charge in [-0.15, -0.1) is 0 Å². The van der Waals surface area contributed by atoms with Crippen molar-refractivity contribution in [1.82, 2.24) is 4.98 Å². The van der Waals surface area contributed by atoms with Crippen molar-refractivity contribution < 1.29 is 19.4 Å². The first kappa shape index (κ1) is 22.8. The van der Waals surface area contributed by atoms with Gasteiger partial charge in [-0.2, -0.15) is 5.26 Å². The van der Waals surface area contributed by atoms with E-state index in [1.54, 1.807) is 36.4 Å². The maximum absolute atomic E-state index is 13.3. The van der Waals surface area contributed by atoms with Gasteiger partial charge in [0.15, 0.2) is 6.61 Å². The molecule has 3 aromatic carbocycles. The number of para-hydroxylation sites is 2. The maximum Gasteiger partial charge on any atom is 0.339 e. The third-order valence-electron chi connectivity index (χ3n) is 6.04. The molecule has 5 rings (SSSR count). The zero-order valence-electron chi connectivity index (χ0n) is 19.2. The quantitative estimate of drug-likeness (QED) is 0.389. The lowest BCUT2D eigenvalue weighted by Crippen LogP contribution is -2.22. The lowest BCUT2D eigenvalue weighted by atomic mass is 10.0. The molecule has 0 saturated carbocycles. The zero-order valence-corrected chi connectivity index (χ0v) is 19.2. The molecule has 36 heavy (non-hydrogen) atoms. The number of aromatic nitrogens is 1. The number of phenols is 1. The summed E-state index contributed by atoms with van der Waals surface area (Å²) in [6.45, 7) is -0.486. The first-order chi connectivity index (χ1) is 17.5. The van der Waals surface area contributed by atoms with Crippen LogP contribution in [0.15, 0.2) is 72.8 Å². The normalized spacial score (nSPS) is 13.2. The van der Waals surface area contributed by atoms with Crippen LogP contribution in [0, 0.1) is 11.3 Å². The third-order valence-corrected chi connectivity index (χ3v) is 6.04. The molecule has 7 nitrogen and oxygen atoms in total. The molecule has 1 amide bonds. The second-order valence-corrected chi connectivity index (χ2v) is 8.37. The number of esters is 1. The number of amides is 1. The van der Waals surface area contributed by atoms with Crippen LogP contribution in [0.4, 0.5) is 5.69 Å². The molecule has 1 aliphatic rings. The van der Waals surface area contributed by atoms with E-state index in [-0.39, 0.29) is 5.75 Å². The predicted molar refractivity (Wildman–Crippen MR) is 136 cm³/mol. The van der Waals surface area contributed by atoms with Crippen LogP contribution in [-0.2, 0) is 16.0 Å². The van der Waals surface area contributed by atoms with Crippen molar-refractivity contribution in [3.8, 4) is 11.8 Å². The van der Waals surface area contributed by atoms with Crippen molar-refractivity contribution in [3.63, 3.8) is 0 Å². The van der Waals surface area contributed by atoms with Crippen molar-refractivity contribution in [2.45, 2.75) is 12.8 Å². The number of aromatic hydroxyl groups is 1. The van der Waals surface area contributed by atoms with E-state index in [0.29, 0.717) is 40.6 Å². The summed E-state index contributed by atoms with van der Waals surface area (Å²) >= 11 is 0. The van der Waals surface area contributed by atoms with Gasteiger partial charge in [0.2, 0.25) is 0 Å². The number of allylic oxidation sites excluding steroid dienone is 1. The Morgan fingerprint density at radius 3 is 2.58 bits per heavy atom. The lowest BCUT2D eigenvalue weighted by Gasteiger charge is -2.13. The number of ether oxygens (including phenoxy) is 1.